The highest BCUT2D eigenvalue weighted by molar-refractivity contribution is 6.32. The molecule has 1 heterocycles. The van der Waals surface area contributed by atoms with Gasteiger partial charge in [-0.15, -0.1) is 0 Å². The Morgan fingerprint density at radius 1 is 1.32 bits per heavy atom. The first kappa shape index (κ1) is 22.8. The molecule has 28 heavy (non-hydrogen) atoms. The van der Waals surface area contributed by atoms with Crippen LogP contribution in [0.25, 0.3) is 0 Å². The van der Waals surface area contributed by atoms with Crippen LogP contribution in [0.1, 0.15) is 44.5 Å². The van der Waals surface area contributed by atoms with Crippen LogP contribution < -0.4 is 14.8 Å². The molecule has 1 amide bonds. The fourth-order valence-corrected chi connectivity index (χ4v) is 3.33. The Balaban J connectivity index is 2.03. The van der Waals surface area contributed by atoms with E-state index in [1.807, 2.05) is 0 Å². The summed E-state index contributed by atoms with van der Waals surface area (Å²) in [7, 11) is 1.55. The number of nitrogens with one attached hydrogen (secondary N) is 1. The van der Waals surface area contributed by atoms with Crippen LogP contribution in [0.2, 0.25) is 5.02 Å². The summed E-state index contributed by atoms with van der Waals surface area (Å²) in [5, 5.41) is 3.39. The highest BCUT2D eigenvalue weighted by Crippen LogP contribution is 2.36. The molecule has 7 heteroatoms. The number of carbonyl (C=O) groups excluding carboxylic acids is 1. The van der Waals surface area contributed by atoms with Crippen LogP contribution in [0.4, 0.5) is 0 Å². The maximum absolute atomic E-state index is 12.7. The number of nitrogens with zero attached hydrogens (tertiary/aromatic N) is 1. The molecule has 0 aromatic heterocycles. The molecule has 0 spiro atoms. The van der Waals surface area contributed by atoms with E-state index in [1.165, 1.54) is 0 Å². The minimum atomic E-state index is -0.185. The summed E-state index contributed by atoms with van der Waals surface area (Å²) in [6, 6.07) is 3.31. The predicted octanol–water partition coefficient (Wildman–Crippen LogP) is 3.61. The van der Waals surface area contributed by atoms with E-state index in [0.717, 1.165) is 32.7 Å². The van der Waals surface area contributed by atoms with Crippen molar-refractivity contribution in [3.05, 3.63) is 22.7 Å². The number of halogens is 1. The van der Waals surface area contributed by atoms with Gasteiger partial charge in [0.25, 0.3) is 5.91 Å². The molecule has 2 rings (SSSR count). The van der Waals surface area contributed by atoms with E-state index in [9.17, 15) is 4.79 Å². The van der Waals surface area contributed by atoms with E-state index in [-0.39, 0.29) is 11.4 Å². The van der Waals surface area contributed by atoms with Crippen LogP contribution in [-0.4, -0.2) is 62.9 Å². The third-order valence-electron chi connectivity index (χ3n) is 4.98. The summed E-state index contributed by atoms with van der Waals surface area (Å²) in [5.41, 5.74) is 0.295. The molecule has 0 aliphatic carbocycles. The number of rotatable bonds is 9. The number of benzene rings is 1. The van der Waals surface area contributed by atoms with Crippen molar-refractivity contribution in [2.75, 3.05) is 46.6 Å². The first-order valence-electron chi connectivity index (χ1n) is 9.86. The topological polar surface area (TPSA) is 60.0 Å². The van der Waals surface area contributed by atoms with Gasteiger partial charge in [0, 0.05) is 30.7 Å². The number of amides is 1. The second-order valence-electron chi connectivity index (χ2n) is 8.11. The minimum absolute atomic E-state index is 0.160. The van der Waals surface area contributed by atoms with Crippen molar-refractivity contribution in [1.82, 2.24) is 10.2 Å². The maximum Gasteiger partial charge on any atom is 0.251 e. The molecule has 1 aliphatic rings. The van der Waals surface area contributed by atoms with Crippen LogP contribution in [0.15, 0.2) is 12.1 Å². The number of carbonyl (C=O) groups is 1. The first-order chi connectivity index (χ1) is 13.2. The van der Waals surface area contributed by atoms with Crippen molar-refractivity contribution < 1.29 is 19.0 Å². The molecule has 1 N–H and O–H groups in total. The molecule has 1 aliphatic heterocycles. The van der Waals surface area contributed by atoms with E-state index in [4.69, 9.17) is 25.8 Å². The van der Waals surface area contributed by atoms with Gasteiger partial charge in [-0.05, 0) is 38.3 Å². The summed E-state index contributed by atoms with van der Waals surface area (Å²) < 4.78 is 16.6. The van der Waals surface area contributed by atoms with Crippen molar-refractivity contribution >= 4 is 17.5 Å². The third kappa shape index (κ3) is 6.26. The zero-order valence-corrected chi connectivity index (χ0v) is 18.4. The third-order valence-corrected chi connectivity index (χ3v) is 5.26. The molecule has 0 radical (unpaired) electrons. The average molecular weight is 413 g/mol. The molecule has 0 bridgehead atoms. The number of morpholine rings is 1. The number of ether oxygens (including phenoxy) is 3. The van der Waals surface area contributed by atoms with Crippen LogP contribution in [-0.2, 0) is 4.74 Å². The lowest BCUT2D eigenvalue weighted by atomic mass is 10.0. The minimum Gasteiger partial charge on any atom is -0.493 e. The number of methoxy groups -OCH3 is 1. The summed E-state index contributed by atoms with van der Waals surface area (Å²) in [5.74, 6) is 1.30. The Labute approximate surface area is 173 Å². The SMILES string of the molecule is COc1cc(C(=O)NCC(C)(C)N2CCOCC2)cc(Cl)c1OCCC(C)C. The lowest BCUT2D eigenvalue weighted by Crippen LogP contribution is -2.55. The lowest BCUT2D eigenvalue weighted by molar-refractivity contribution is -0.00923. The number of hydrogen-bond acceptors (Lipinski definition) is 5. The van der Waals surface area contributed by atoms with Crippen molar-refractivity contribution in [3.63, 3.8) is 0 Å². The van der Waals surface area contributed by atoms with Crippen LogP contribution >= 0.6 is 11.6 Å². The molecule has 0 saturated carbocycles. The summed E-state index contributed by atoms with van der Waals surface area (Å²) in [6.45, 7) is 12.8. The molecule has 158 valence electrons. The van der Waals surface area contributed by atoms with Gasteiger partial charge in [0.05, 0.1) is 32.0 Å². The Hall–Kier alpha value is -1.50. The van der Waals surface area contributed by atoms with E-state index in [2.05, 4.69) is 37.9 Å². The average Bonchev–Trinajstić information content (AvgIpc) is 2.67. The highest BCUT2D eigenvalue weighted by atomic mass is 35.5. The summed E-state index contributed by atoms with van der Waals surface area (Å²) >= 11 is 6.38. The lowest BCUT2D eigenvalue weighted by Gasteiger charge is -2.40. The van der Waals surface area contributed by atoms with Crippen molar-refractivity contribution in [2.45, 2.75) is 39.7 Å². The Morgan fingerprint density at radius 3 is 2.61 bits per heavy atom. The van der Waals surface area contributed by atoms with Crippen molar-refractivity contribution in [2.24, 2.45) is 5.92 Å². The molecule has 1 aromatic carbocycles. The van der Waals surface area contributed by atoms with Gasteiger partial charge >= 0.3 is 0 Å². The fourth-order valence-electron chi connectivity index (χ4n) is 3.07. The van der Waals surface area contributed by atoms with Gasteiger partial charge in [0.15, 0.2) is 11.5 Å². The maximum atomic E-state index is 12.7. The van der Waals surface area contributed by atoms with E-state index >= 15 is 0 Å². The zero-order valence-electron chi connectivity index (χ0n) is 17.6. The molecule has 0 unspecified atom stereocenters. The largest absolute Gasteiger partial charge is 0.493 e. The van der Waals surface area contributed by atoms with Gasteiger partial charge in [-0.3, -0.25) is 9.69 Å². The van der Waals surface area contributed by atoms with Gasteiger partial charge in [-0.25, -0.2) is 0 Å². The zero-order chi connectivity index (χ0) is 20.7. The second-order valence-corrected chi connectivity index (χ2v) is 8.52. The van der Waals surface area contributed by atoms with Crippen molar-refractivity contribution in [3.8, 4) is 11.5 Å². The first-order valence-corrected chi connectivity index (χ1v) is 10.2. The van der Waals surface area contributed by atoms with Gasteiger partial charge < -0.3 is 19.5 Å². The summed E-state index contributed by atoms with van der Waals surface area (Å²) in [4.78, 5) is 15.0. The van der Waals surface area contributed by atoms with Crippen LogP contribution in [0.3, 0.4) is 0 Å². The molecular formula is C21H33ClN2O4. The molecule has 0 atom stereocenters. The molecular weight excluding hydrogens is 380 g/mol. The quantitative estimate of drug-likeness (QED) is 0.671. The van der Waals surface area contributed by atoms with Gasteiger partial charge in [0.2, 0.25) is 0 Å². The van der Waals surface area contributed by atoms with E-state index in [0.29, 0.717) is 41.2 Å². The highest BCUT2D eigenvalue weighted by Gasteiger charge is 2.29. The Kier molecular flexibility index (Phi) is 8.40. The standard InChI is InChI=1S/C21H33ClN2O4/c1-15(2)6-9-28-19-17(22)12-16(13-18(19)26-5)20(25)23-14-21(3,4)24-7-10-27-11-8-24/h12-13,15H,6-11,14H2,1-5H3,(H,23,25). The van der Waals surface area contributed by atoms with Crippen LogP contribution in [0, 0.1) is 5.92 Å². The summed E-state index contributed by atoms with van der Waals surface area (Å²) in [6.07, 6.45) is 0.915. The monoisotopic (exact) mass is 412 g/mol. The Morgan fingerprint density at radius 2 is 2.00 bits per heavy atom. The smallest absolute Gasteiger partial charge is 0.251 e. The van der Waals surface area contributed by atoms with Crippen LogP contribution in [0.5, 0.6) is 11.5 Å². The number of hydrogen-bond donors (Lipinski definition) is 1. The molecule has 1 fully saturated rings. The van der Waals surface area contributed by atoms with Gasteiger partial charge in [0.1, 0.15) is 0 Å². The second kappa shape index (κ2) is 10.3. The van der Waals surface area contributed by atoms with Crippen molar-refractivity contribution in [1.29, 1.82) is 0 Å². The molecule has 1 saturated heterocycles. The van der Waals surface area contributed by atoms with Gasteiger partial charge in [-0.2, -0.15) is 0 Å². The molecule has 6 nitrogen and oxygen atoms in total. The fraction of sp³-hybridized carbons (Fsp3) is 0.667. The van der Waals surface area contributed by atoms with E-state index in [1.54, 1.807) is 19.2 Å². The van der Waals surface area contributed by atoms with Gasteiger partial charge in [-0.1, -0.05) is 25.4 Å². The van der Waals surface area contributed by atoms with E-state index < -0.39 is 0 Å². The predicted molar refractivity (Wildman–Crippen MR) is 112 cm³/mol. The Bertz CT molecular complexity index is 658. The normalized spacial score (nSPS) is 15.5. The molecule has 1 aromatic rings.